The van der Waals surface area contributed by atoms with Gasteiger partial charge in [-0.15, -0.1) is 0 Å². The molecule has 1 aromatic carbocycles. The lowest BCUT2D eigenvalue weighted by atomic mass is 10.1. The number of rotatable bonds is 3. The van der Waals surface area contributed by atoms with Crippen LogP contribution in [-0.2, 0) is 4.79 Å². The van der Waals surface area contributed by atoms with Gasteiger partial charge in [-0.05, 0) is 31.0 Å². The first-order chi connectivity index (χ1) is 9.13. The zero-order valence-corrected chi connectivity index (χ0v) is 11.1. The number of amides is 1. The number of nitrogens with one attached hydrogen (secondary N) is 1. The normalized spacial score (nSPS) is 23.9. The van der Waals surface area contributed by atoms with Gasteiger partial charge in [-0.1, -0.05) is 19.1 Å². The average molecular weight is 265 g/mol. The van der Waals surface area contributed by atoms with Crippen molar-refractivity contribution in [2.45, 2.75) is 19.4 Å². The summed E-state index contributed by atoms with van der Waals surface area (Å²) in [6, 6.07) is 6.17. The van der Waals surface area contributed by atoms with E-state index >= 15 is 0 Å². The first-order valence-corrected chi connectivity index (χ1v) is 6.62. The molecule has 0 aliphatic carbocycles. The summed E-state index contributed by atoms with van der Waals surface area (Å²) in [5, 5.41) is 2.89. The second-order valence-corrected chi connectivity index (χ2v) is 5.05. The molecule has 0 radical (unpaired) electrons. The molecule has 1 aliphatic heterocycles. The zero-order chi connectivity index (χ0) is 13.8. The van der Waals surface area contributed by atoms with Gasteiger partial charge in [-0.25, -0.2) is 4.39 Å². The monoisotopic (exact) mass is 265 g/mol. The van der Waals surface area contributed by atoms with E-state index in [1.54, 1.807) is 18.2 Å². The number of para-hydroxylation sites is 1. The van der Waals surface area contributed by atoms with Crippen LogP contribution in [0.3, 0.4) is 0 Å². The minimum Gasteiger partial charge on any atom is -0.357 e. The zero-order valence-electron chi connectivity index (χ0n) is 11.1. The molecule has 4 nitrogen and oxygen atoms in total. The molecule has 3 N–H and O–H groups in total. The SMILES string of the molecule is CC1CNC(=O)C(CCN)N(c2ccccc2F)C1. The fraction of sp³-hybridized carbons (Fsp3) is 0.500. The molecular weight excluding hydrogens is 245 g/mol. The van der Waals surface area contributed by atoms with Crippen LogP contribution in [0.2, 0.25) is 0 Å². The van der Waals surface area contributed by atoms with Crippen molar-refractivity contribution in [3.63, 3.8) is 0 Å². The third kappa shape index (κ3) is 3.04. The molecule has 2 unspecified atom stereocenters. The summed E-state index contributed by atoms with van der Waals surface area (Å²) in [5.41, 5.74) is 6.06. The Morgan fingerprint density at radius 3 is 2.89 bits per heavy atom. The van der Waals surface area contributed by atoms with Gasteiger partial charge >= 0.3 is 0 Å². The summed E-state index contributed by atoms with van der Waals surface area (Å²) in [6.07, 6.45) is 0.521. The first kappa shape index (κ1) is 13.8. The molecule has 0 aromatic heterocycles. The predicted molar refractivity (Wildman–Crippen MR) is 73.4 cm³/mol. The van der Waals surface area contributed by atoms with Crippen LogP contribution in [0.1, 0.15) is 13.3 Å². The minimum absolute atomic E-state index is 0.0712. The summed E-state index contributed by atoms with van der Waals surface area (Å²) in [4.78, 5) is 14.0. The Kier molecular flexibility index (Phi) is 4.37. The molecule has 1 aliphatic rings. The lowest BCUT2D eigenvalue weighted by Crippen LogP contribution is -2.46. The molecule has 1 saturated heterocycles. The lowest BCUT2D eigenvalue weighted by molar-refractivity contribution is -0.122. The summed E-state index contributed by atoms with van der Waals surface area (Å²) < 4.78 is 14.0. The second-order valence-electron chi connectivity index (χ2n) is 5.05. The molecule has 2 rings (SSSR count). The minimum atomic E-state index is -0.396. The summed E-state index contributed by atoms with van der Waals surface area (Å²) in [7, 11) is 0. The Morgan fingerprint density at radius 2 is 2.21 bits per heavy atom. The highest BCUT2D eigenvalue weighted by Crippen LogP contribution is 2.24. The molecule has 5 heteroatoms. The van der Waals surface area contributed by atoms with Gasteiger partial charge in [0.2, 0.25) is 5.91 Å². The van der Waals surface area contributed by atoms with Gasteiger partial charge in [0, 0.05) is 13.1 Å². The number of halogens is 1. The van der Waals surface area contributed by atoms with Crippen molar-refractivity contribution in [1.82, 2.24) is 5.32 Å². The molecule has 0 bridgehead atoms. The van der Waals surface area contributed by atoms with E-state index < -0.39 is 6.04 Å². The van der Waals surface area contributed by atoms with Gasteiger partial charge < -0.3 is 16.0 Å². The van der Waals surface area contributed by atoms with E-state index in [0.717, 1.165) is 0 Å². The van der Waals surface area contributed by atoms with Crippen molar-refractivity contribution in [1.29, 1.82) is 0 Å². The van der Waals surface area contributed by atoms with Crippen molar-refractivity contribution in [2.75, 3.05) is 24.5 Å². The van der Waals surface area contributed by atoms with E-state index in [0.29, 0.717) is 31.7 Å². The van der Waals surface area contributed by atoms with Crippen LogP contribution in [0, 0.1) is 11.7 Å². The third-order valence-electron chi connectivity index (χ3n) is 3.41. The summed E-state index contributed by atoms with van der Waals surface area (Å²) >= 11 is 0. The van der Waals surface area contributed by atoms with Crippen molar-refractivity contribution in [2.24, 2.45) is 11.7 Å². The van der Waals surface area contributed by atoms with Gasteiger partial charge in [0.05, 0.1) is 5.69 Å². The smallest absolute Gasteiger partial charge is 0.242 e. The average Bonchev–Trinajstić information content (AvgIpc) is 2.53. The molecule has 1 fully saturated rings. The predicted octanol–water partition coefficient (Wildman–Crippen LogP) is 1.12. The standard InChI is InChI=1S/C14H20FN3O/c1-10-8-17-14(19)13(6-7-16)18(9-10)12-5-3-2-4-11(12)15/h2-5,10,13H,6-9,16H2,1H3,(H,17,19). The fourth-order valence-electron chi connectivity index (χ4n) is 2.46. The summed E-state index contributed by atoms with van der Waals surface area (Å²) in [6.45, 7) is 3.70. The molecule has 1 heterocycles. The molecule has 0 spiro atoms. The Labute approximate surface area is 112 Å². The van der Waals surface area contributed by atoms with Gasteiger partial charge in [0.15, 0.2) is 0 Å². The van der Waals surface area contributed by atoms with Crippen molar-refractivity contribution < 1.29 is 9.18 Å². The number of nitrogens with two attached hydrogens (primary N) is 1. The number of anilines is 1. The van der Waals surface area contributed by atoms with Gasteiger partial charge in [0.1, 0.15) is 11.9 Å². The molecule has 19 heavy (non-hydrogen) atoms. The van der Waals surface area contributed by atoms with Gasteiger partial charge in [-0.2, -0.15) is 0 Å². The van der Waals surface area contributed by atoms with Crippen LogP contribution in [0.4, 0.5) is 10.1 Å². The van der Waals surface area contributed by atoms with Gasteiger partial charge in [-0.3, -0.25) is 4.79 Å². The Morgan fingerprint density at radius 1 is 1.47 bits per heavy atom. The number of carbonyl (C=O) groups is 1. The van der Waals surface area contributed by atoms with Crippen LogP contribution in [-0.4, -0.2) is 31.6 Å². The van der Waals surface area contributed by atoms with Crippen LogP contribution in [0.15, 0.2) is 24.3 Å². The van der Waals surface area contributed by atoms with Crippen LogP contribution < -0.4 is 16.0 Å². The highest BCUT2D eigenvalue weighted by Gasteiger charge is 2.31. The lowest BCUT2D eigenvalue weighted by Gasteiger charge is -2.31. The van der Waals surface area contributed by atoms with Crippen molar-refractivity contribution in [3.8, 4) is 0 Å². The van der Waals surface area contributed by atoms with E-state index in [2.05, 4.69) is 5.32 Å². The van der Waals surface area contributed by atoms with E-state index in [1.807, 2.05) is 11.8 Å². The number of carbonyl (C=O) groups excluding carboxylic acids is 1. The quantitative estimate of drug-likeness (QED) is 0.861. The Hall–Kier alpha value is -1.62. The number of hydrogen-bond acceptors (Lipinski definition) is 3. The maximum atomic E-state index is 14.0. The summed E-state index contributed by atoms with van der Waals surface area (Å²) in [5.74, 6) is -0.101. The number of hydrogen-bond donors (Lipinski definition) is 2. The molecule has 0 saturated carbocycles. The fourth-order valence-corrected chi connectivity index (χ4v) is 2.46. The second kappa shape index (κ2) is 6.02. The topological polar surface area (TPSA) is 58.4 Å². The maximum Gasteiger partial charge on any atom is 0.242 e. The third-order valence-corrected chi connectivity index (χ3v) is 3.41. The van der Waals surface area contributed by atoms with E-state index in [4.69, 9.17) is 5.73 Å². The van der Waals surface area contributed by atoms with Crippen LogP contribution in [0.5, 0.6) is 0 Å². The van der Waals surface area contributed by atoms with Crippen molar-refractivity contribution in [3.05, 3.63) is 30.1 Å². The first-order valence-electron chi connectivity index (χ1n) is 6.62. The molecule has 1 amide bonds. The van der Waals surface area contributed by atoms with Crippen LogP contribution >= 0.6 is 0 Å². The van der Waals surface area contributed by atoms with Gasteiger partial charge in [0.25, 0.3) is 0 Å². The Balaban J connectivity index is 2.36. The number of benzene rings is 1. The number of nitrogens with zero attached hydrogens (tertiary/aromatic N) is 1. The molecule has 104 valence electrons. The molecule has 2 atom stereocenters. The molecule has 1 aromatic rings. The van der Waals surface area contributed by atoms with E-state index in [1.165, 1.54) is 6.07 Å². The van der Waals surface area contributed by atoms with E-state index in [-0.39, 0.29) is 17.6 Å². The molecular formula is C14H20FN3O. The highest BCUT2D eigenvalue weighted by atomic mass is 19.1. The van der Waals surface area contributed by atoms with Crippen molar-refractivity contribution >= 4 is 11.6 Å². The Bertz CT molecular complexity index is 452. The highest BCUT2D eigenvalue weighted by molar-refractivity contribution is 5.85. The maximum absolute atomic E-state index is 14.0. The largest absolute Gasteiger partial charge is 0.357 e. The van der Waals surface area contributed by atoms with E-state index in [9.17, 15) is 9.18 Å². The van der Waals surface area contributed by atoms with Crippen LogP contribution in [0.25, 0.3) is 0 Å².